The monoisotopic (exact) mass is 339 g/mol. The first kappa shape index (κ1) is 17.2. The lowest BCUT2D eigenvalue weighted by atomic mass is 10.0. The summed E-state index contributed by atoms with van der Waals surface area (Å²) in [6.07, 6.45) is 2.54. The van der Waals surface area contributed by atoms with Gasteiger partial charge in [0.05, 0.1) is 6.10 Å². The molecule has 0 saturated carbocycles. The van der Waals surface area contributed by atoms with E-state index in [1.54, 1.807) is 0 Å². The van der Waals surface area contributed by atoms with E-state index < -0.39 is 8.32 Å². The lowest BCUT2D eigenvalue weighted by Gasteiger charge is -2.25. The first-order valence-electron chi connectivity index (χ1n) is 9.35. The summed E-state index contributed by atoms with van der Waals surface area (Å²) in [4.78, 5) is 0. The Morgan fingerprint density at radius 2 is 1.67 bits per heavy atom. The molecule has 1 atom stereocenters. The first-order valence-corrected chi connectivity index (χ1v) is 11.7. The molecule has 1 N–H and O–H groups in total. The van der Waals surface area contributed by atoms with Crippen molar-refractivity contribution >= 4 is 19.2 Å². The summed E-state index contributed by atoms with van der Waals surface area (Å²) in [5.41, 5.74) is 3.87. The Bertz CT molecular complexity index is 664. The Morgan fingerprint density at radius 3 is 2.33 bits per heavy atom. The number of fused-ring (bicyclic) bond motifs is 1. The third-order valence-electron chi connectivity index (χ3n) is 5.29. The van der Waals surface area contributed by atoms with Crippen LogP contribution in [0.3, 0.4) is 0 Å². The zero-order valence-corrected chi connectivity index (χ0v) is 16.1. The van der Waals surface area contributed by atoms with Gasteiger partial charge in [-0.3, -0.25) is 0 Å². The third-order valence-corrected chi connectivity index (χ3v) is 9.70. The number of rotatable bonds is 7. The van der Waals surface area contributed by atoms with Crippen LogP contribution >= 0.6 is 0 Å². The largest absolute Gasteiger partial charge is 0.401 e. The van der Waals surface area contributed by atoms with E-state index >= 15 is 0 Å². The SMILES string of the molecule is CCCCNc1ccc(C2O[Si](CC)(CC)c3ccccc32)cc1. The third kappa shape index (κ3) is 3.15. The second-order valence-electron chi connectivity index (χ2n) is 6.69. The summed E-state index contributed by atoms with van der Waals surface area (Å²) < 4.78 is 6.76. The van der Waals surface area contributed by atoms with Gasteiger partial charge in [0.15, 0.2) is 0 Å². The van der Waals surface area contributed by atoms with Crippen LogP contribution in [-0.2, 0) is 4.43 Å². The van der Waals surface area contributed by atoms with Crippen molar-refractivity contribution in [3.63, 3.8) is 0 Å². The van der Waals surface area contributed by atoms with E-state index in [1.807, 2.05) is 0 Å². The van der Waals surface area contributed by atoms with E-state index in [-0.39, 0.29) is 6.10 Å². The van der Waals surface area contributed by atoms with Crippen LogP contribution < -0.4 is 10.5 Å². The Kier molecular flexibility index (Phi) is 5.42. The molecular weight excluding hydrogens is 310 g/mol. The quantitative estimate of drug-likeness (QED) is 0.552. The molecule has 2 nitrogen and oxygen atoms in total. The maximum absolute atomic E-state index is 6.76. The van der Waals surface area contributed by atoms with E-state index in [1.165, 1.54) is 34.8 Å². The molecule has 1 aliphatic rings. The van der Waals surface area contributed by atoms with Crippen molar-refractivity contribution in [2.75, 3.05) is 11.9 Å². The summed E-state index contributed by atoms with van der Waals surface area (Å²) in [6, 6.07) is 20.0. The summed E-state index contributed by atoms with van der Waals surface area (Å²) in [7, 11) is -1.80. The van der Waals surface area contributed by atoms with Gasteiger partial charge in [0, 0.05) is 12.2 Å². The molecule has 128 valence electrons. The average Bonchev–Trinajstić information content (AvgIpc) is 2.98. The number of hydrogen-bond donors (Lipinski definition) is 1. The summed E-state index contributed by atoms with van der Waals surface area (Å²) in [5.74, 6) is 0. The molecule has 0 aromatic heterocycles. The second-order valence-corrected chi connectivity index (χ2v) is 10.9. The van der Waals surface area contributed by atoms with Gasteiger partial charge in [-0.05, 0) is 47.0 Å². The molecule has 0 aliphatic carbocycles. The van der Waals surface area contributed by atoms with Crippen molar-refractivity contribution in [2.24, 2.45) is 0 Å². The molecule has 0 fully saturated rings. The predicted octanol–water partition coefficient (Wildman–Crippen LogP) is 5.21. The predicted molar refractivity (Wildman–Crippen MR) is 106 cm³/mol. The first-order chi connectivity index (χ1) is 11.7. The van der Waals surface area contributed by atoms with E-state index in [0.29, 0.717) is 0 Å². The van der Waals surface area contributed by atoms with E-state index in [2.05, 4.69) is 74.6 Å². The molecule has 24 heavy (non-hydrogen) atoms. The lowest BCUT2D eigenvalue weighted by Crippen LogP contribution is -2.45. The summed E-state index contributed by atoms with van der Waals surface area (Å²) >= 11 is 0. The fourth-order valence-corrected chi connectivity index (χ4v) is 7.30. The number of unbranched alkanes of at least 4 members (excludes halogenated alkanes) is 1. The molecule has 0 amide bonds. The Balaban J connectivity index is 1.85. The highest BCUT2D eigenvalue weighted by molar-refractivity contribution is 6.87. The molecule has 1 unspecified atom stereocenters. The lowest BCUT2D eigenvalue weighted by molar-refractivity contribution is 0.253. The van der Waals surface area contributed by atoms with Crippen LogP contribution in [0.5, 0.6) is 0 Å². The fraction of sp³-hybridized carbons (Fsp3) is 0.429. The second kappa shape index (κ2) is 7.54. The van der Waals surface area contributed by atoms with Crippen LogP contribution in [0.25, 0.3) is 0 Å². The van der Waals surface area contributed by atoms with Gasteiger partial charge in [-0.2, -0.15) is 0 Å². The van der Waals surface area contributed by atoms with Gasteiger partial charge in [0.2, 0.25) is 8.32 Å². The maximum Gasteiger partial charge on any atom is 0.225 e. The minimum Gasteiger partial charge on any atom is -0.401 e. The van der Waals surface area contributed by atoms with Crippen molar-refractivity contribution in [1.29, 1.82) is 0 Å². The molecule has 3 rings (SSSR count). The highest BCUT2D eigenvalue weighted by atomic mass is 28.4. The normalized spacial score (nSPS) is 18.4. The van der Waals surface area contributed by atoms with Gasteiger partial charge < -0.3 is 9.74 Å². The Hall–Kier alpha value is -1.58. The Morgan fingerprint density at radius 1 is 0.958 bits per heavy atom. The molecule has 1 aliphatic heterocycles. The molecule has 0 spiro atoms. The standard InChI is InChI=1S/C21H29NOSi/c1-4-7-16-22-18-14-12-17(13-15-18)21-19-10-8-9-11-20(19)24(5-2,6-3)23-21/h8-15,21-22H,4-7,16H2,1-3H3. The van der Waals surface area contributed by atoms with Crippen LogP contribution in [0.1, 0.15) is 50.8 Å². The Labute approximate surface area is 147 Å². The highest BCUT2D eigenvalue weighted by Crippen LogP contribution is 2.38. The zero-order chi connectivity index (χ0) is 17.0. The van der Waals surface area contributed by atoms with Crippen molar-refractivity contribution in [1.82, 2.24) is 0 Å². The van der Waals surface area contributed by atoms with Crippen LogP contribution in [-0.4, -0.2) is 14.9 Å². The van der Waals surface area contributed by atoms with Crippen molar-refractivity contribution in [2.45, 2.75) is 51.8 Å². The minimum absolute atomic E-state index is 0.109. The maximum atomic E-state index is 6.76. The van der Waals surface area contributed by atoms with Crippen LogP contribution in [0.2, 0.25) is 12.1 Å². The van der Waals surface area contributed by atoms with Gasteiger partial charge in [0.1, 0.15) is 0 Å². The number of anilines is 1. The molecule has 0 radical (unpaired) electrons. The van der Waals surface area contributed by atoms with Gasteiger partial charge in [-0.25, -0.2) is 0 Å². The molecule has 2 aromatic rings. The van der Waals surface area contributed by atoms with Crippen LogP contribution in [0.4, 0.5) is 5.69 Å². The summed E-state index contributed by atoms with van der Waals surface area (Å²) in [5, 5.41) is 4.99. The van der Waals surface area contributed by atoms with E-state index in [9.17, 15) is 0 Å². The number of benzene rings is 2. The average molecular weight is 340 g/mol. The van der Waals surface area contributed by atoms with E-state index in [0.717, 1.165) is 18.6 Å². The van der Waals surface area contributed by atoms with E-state index in [4.69, 9.17) is 4.43 Å². The van der Waals surface area contributed by atoms with Crippen molar-refractivity contribution < 1.29 is 4.43 Å². The van der Waals surface area contributed by atoms with Crippen molar-refractivity contribution in [3.8, 4) is 0 Å². The van der Waals surface area contributed by atoms with Gasteiger partial charge >= 0.3 is 0 Å². The molecule has 3 heteroatoms. The smallest absolute Gasteiger partial charge is 0.225 e. The molecule has 0 bridgehead atoms. The molecule has 1 heterocycles. The van der Waals surface area contributed by atoms with Gasteiger partial charge in [-0.15, -0.1) is 0 Å². The summed E-state index contributed by atoms with van der Waals surface area (Å²) in [6.45, 7) is 7.84. The van der Waals surface area contributed by atoms with Crippen molar-refractivity contribution in [3.05, 3.63) is 59.7 Å². The number of nitrogens with one attached hydrogen (secondary N) is 1. The topological polar surface area (TPSA) is 21.3 Å². The van der Waals surface area contributed by atoms with Crippen LogP contribution in [0, 0.1) is 0 Å². The highest BCUT2D eigenvalue weighted by Gasteiger charge is 2.45. The molecular formula is C21H29NOSi. The zero-order valence-electron chi connectivity index (χ0n) is 15.1. The van der Waals surface area contributed by atoms with Crippen LogP contribution in [0.15, 0.2) is 48.5 Å². The fourth-order valence-electron chi connectivity index (χ4n) is 3.72. The molecule has 0 saturated heterocycles. The minimum atomic E-state index is -1.80. The van der Waals surface area contributed by atoms with Gasteiger partial charge in [0.25, 0.3) is 0 Å². The molecule has 2 aromatic carbocycles. The van der Waals surface area contributed by atoms with Gasteiger partial charge in [-0.1, -0.05) is 63.6 Å². The number of hydrogen-bond acceptors (Lipinski definition) is 2.